The average molecular weight is 442 g/mol. The third kappa shape index (κ3) is 3.33. The van der Waals surface area contributed by atoms with Crippen LogP contribution in [0, 0.1) is 12.7 Å². The summed E-state index contributed by atoms with van der Waals surface area (Å²) in [6.07, 6.45) is 3.45. The standard InChI is InChI=1S/C21H17BrFN3O2/c1-12-16-11-14(22)5-8-17(16)28-19(12)21(27)25-18(20-24-9-10-26(20)2)13-3-6-15(23)7-4-13/h3-11,18H,1-2H3,(H,25,27). The van der Waals surface area contributed by atoms with Gasteiger partial charge in [0, 0.05) is 34.9 Å². The first kappa shape index (κ1) is 18.4. The van der Waals surface area contributed by atoms with Gasteiger partial charge in [-0.3, -0.25) is 4.79 Å². The number of aryl methyl sites for hydroxylation is 2. The van der Waals surface area contributed by atoms with Gasteiger partial charge in [0.1, 0.15) is 23.3 Å². The summed E-state index contributed by atoms with van der Waals surface area (Å²) in [5, 5.41) is 3.85. The van der Waals surface area contributed by atoms with E-state index in [-0.39, 0.29) is 17.5 Å². The molecule has 0 bridgehead atoms. The Kier molecular flexibility index (Phi) is 4.77. The summed E-state index contributed by atoms with van der Waals surface area (Å²) < 4.78 is 21.9. The smallest absolute Gasteiger partial charge is 0.288 e. The molecule has 1 amide bonds. The van der Waals surface area contributed by atoms with Gasteiger partial charge in [0.05, 0.1) is 0 Å². The van der Waals surface area contributed by atoms with Gasteiger partial charge < -0.3 is 14.3 Å². The van der Waals surface area contributed by atoms with Gasteiger partial charge >= 0.3 is 0 Å². The van der Waals surface area contributed by atoms with Gasteiger partial charge in [-0.05, 0) is 42.8 Å². The molecule has 0 aliphatic heterocycles. The fraction of sp³-hybridized carbons (Fsp3) is 0.143. The lowest BCUT2D eigenvalue weighted by atomic mass is 10.1. The second-order valence-electron chi connectivity index (χ2n) is 6.55. The van der Waals surface area contributed by atoms with Crippen molar-refractivity contribution in [1.29, 1.82) is 0 Å². The number of benzene rings is 2. The van der Waals surface area contributed by atoms with Gasteiger partial charge in [0.25, 0.3) is 5.91 Å². The number of fused-ring (bicyclic) bond motifs is 1. The van der Waals surface area contributed by atoms with E-state index in [0.29, 0.717) is 11.4 Å². The van der Waals surface area contributed by atoms with E-state index in [1.54, 1.807) is 24.5 Å². The summed E-state index contributed by atoms with van der Waals surface area (Å²) in [5.74, 6) is 0.181. The average Bonchev–Trinajstić information content (AvgIpc) is 3.24. The molecule has 0 aliphatic carbocycles. The fourth-order valence-electron chi connectivity index (χ4n) is 3.21. The molecule has 5 nitrogen and oxygen atoms in total. The largest absolute Gasteiger partial charge is 0.451 e. The molecular weight excluding hydrogens is 425 g/mol. The minimum atomic E-state index is -0.549. The second-order valence-corrected chi connectivity index (χ2v) is 7.47. The topological polar surface area (TPSA) is 60.1 Å². The maximum absolute atomic E-state index is 13.4. The Morgan fingerprint density at radius 2 is 2.00 bits per heavy atom. The molecule has 0 radical (unpaired) electrons. The van der Waals surface area contributed by atoms with Gasteiger partial charge in [0.15, 0.2) is 5.76 Å². The van der Waals surface area contributed by atoms with Crippen LogP contribution in [0.1, 0.15) is 33.5 Å². The van der Waals surface area contributed by atoms with Crippen LogP contribution in [0.2, 0.25) is 0 Å². The number of furan rings is 1. The SMILES string of the molecule is Cc1c(C(=O)NC(c2ccc(F)cc2)c2nccn2C)oc2ccc(Br)cc12. The highest BCUT2D eigenvalue weighted by atomic mass is 79.9. The van der Waals surface area contributed by atoms with Crippen LogP contribution < -0.4 is 5.32 Å². The lowest BCUT2D eigenvalue weighted by Gasteiger charge is -2.18. The van der Waals surface area contributed by atoms with Crippen LogP contribution in [-0.2, 0) is 7.05 Å². The molecule has 7 heteroatoms. The maximum Gasteiger partial charge on any atom is 0.288 e. The van der Waals surface area contributed by atoms with Crippen LogP contribution in [0.3, 0.4) is 0 Å². The molecule has 4 aromatic rings. The number of halogens is 2. The number of hydrogen-bond donors (Lipinski definition) is 1. The molecular formula is C21H17BrFN3O2. The minimum Gasteiger partial charge on any atom is -0.451 e. The van der Waals surface area contributed by atoms with Crippen molar-refractivity contribution in [3.05, 3.63) is 87.9 Å². The molecule has 0 saturated heterocycles. The van der Waals surface area contributed by atoms with Crippen molar-refractivity contribution >= 4 is 32.8 Å². The summed E-state index contributed by atoms with van der Waals surface area (Å²) in [5.41, 5.74) is 2.12. The van der Waals surface area contributed by atoms with Crippen LogP contribution >= 0.6 is 15.9 Å². The van der Waals surface area contributed by atoms with E-state index in [2.05, 4.69) is 26.2 Å². The Morgan fingerprint density at radius 3 is 2.68 bits per heavy atom. The van der Waals surface area contributed by atoms with E-state index in [1.807, 2.05) is 36.7 Å². The number of imidazole rings is 1. The second kappa shape index (κ2) is 7.24. The molecule has 1 unspecified atom stereocenters. The molecule has 1 N–H and O–H groups in total. The molecule has 0 saturated carbocycles. The Bertz CT molecular complexity index is 1160. The zero-order chi connectivity index (χ0) is 19.8. The predicted octanol–water partition coefficient (Wildman–Crippen LogP) is 4.90. The van der Waals surface area contributed by atoms with Gasteiger partial charge in [-0.2, -0.15) is 0 Å². The molecule has 0 fully saturated rings. The van der Waals surface area contributed by atoms with E-state index in [9.17, 15) is 9.18 Å². The van der Waals surface area contributed by atoms with Crippen LogP contribution in [0.4, 0.5) is 4.39 Å². The summed E-state index contributed by atoms with van der Waals surface area (Å²) in [6.45, 7) is 1.85. The Labute approximate surface area is 169 Å². The normalized spacial score (nSPS) is 12.3. The zero-order valence-electron chi connectivity index (χ0n) is 15.2. The van der Waals surface area contributed by atoms with E-state index >= 15 is 0 Å². The van der Waals surface area contributed by atoms with Crippen LogP contribution in [0.25, 0.3) is 11.0 Å². The predicted molar refractivity (Wildman–Crippen MR) is 108 cm³/mol. The summed E-state index contributed by atoms with van der Waals surface area (Å²) in [6, 6.07) is 11.0. The minimum absolute atomic E-state index is 0.245. The molecule has 2 aromatic heterocycles. The van der Waals surface area contributed by atoms with E-state index in [4.69, 9.17) is 4.42 Å². The Morgan fingerprint density at radius 1 is 1.25 bits per heavy atom. The van der Waals surface area contributed by atoms with Crippen molar-refractivity contribution in [3.8, 4) is 0 Å². The van der Waals surface area contributed by atoms with E-state index < -0.39 is 6.04 Å². The Hall–Kier alpha value is -2.93. The van der Waals surface area contributed by atoms with Crippen molar-refractivity contribution in [1.82, 2.24) is 14.9 Å². The van der Waals surface area contributed by atoms with Crippen LogP contribution in [0.5, 0.6) is 0 Å². The first-order valence-electron chi connectivity index (χ1n) is 8.66. The van der Waals surface area contributed by atoms with Gasteiger partial charge in [-0.1, -0.05) is 28.1 Å². The Balaban J connectivity index is 1.73. The van der Waals surface area contributed by atoms with Crippen molar-refractivity contribution in [2.75, 3.05) is 0 Å². The fourth-order valence-corrected chi connectivity index (χ4v) is 3.57. The number of aromatic nitrogens is 2. The number of nitrogens with zero attached hydrogens (tertiary/aromatic N) is 2. The molecule has 1 atom stereocenters. The van der Waals surface area contributed by atoms with Crippen molar-refractivity contribution in [2.45, 2.75) is 13.0 Å². The van der Waals surface area contributed by atoms with Crippen molar-refractivity contribution in [2.24, 2.45) is 7.05 Å². The molecule has 0 spiro atoms. The van der Waals surface area contributed by atoms with Gasteiger partial charge in [0.2, 0.25) is 0 Å². The summed E-state index contributed by atoms with van der Waals surface area (Å²) >= 11 is 3.44. The first-order chi connectivity index (χ1) is 13.4. The summed E-state index contributed by atoms with van der Waals surface area (Å²) in [4.78, 5) is 17.4. The lowest BCUT2D eigenvalue weighted by Crippen LogP contribution is -2.31. The number of carbonyl (C=O) groups is 1. The highest BCUT2D eigenvalue weighted by Gasteiger charge is 2.25. The van der Waals surface area contributed by atoms with Crippen molar-refractivity contribution < 1.29 is 13.6 Å². The molecule has 142 valence electrons. The monoisotopic (exact) mass is 441 g/mol. The number of hydrogen-bond acceptors (Lipinski definition) is 3. The van der Waals surface area contributed by atoms with E-state index in [1.165, 1.54) is 12.1 Å². The molecule has 2 aromatic carbocycles. The maximum atomic E-state index is 13.4. The number of nitrogens with one attached hydrogen (secondary N) is 1. The number of rotatable bonds is 4. The van der Waals surface area contributed by atoms with Gasteiger partial charge in [-0.15, -0.1) is 0 Å². The summed E-state index contributed by atoms with van der Waals surface area (Å²) in [7, 11) is 1.84. The molecule has 4 rings (SSSR count). The quantitative estimate of drug-likeness (QED) is 0.490. The van der Waals surface area contributed by atoms with Crippen molar-refractivity contribution in [3.63, 3.8) is 0 Å². The van der Waals surface area contributed by atoms with Crippen LogP contribution in [0.15, 0.2) is 63.7 Å². The highest BCUT2D eigenvalue weighted by Crippen LogP contribution is 2.29. The van der Waals surface area contributed by atoms with E-state index in [0.717, 1.165) is 21.0 Å². The molecule has 2 heterocycles. The zero-order valence-corrected chi connectivity index (χ0v) is 16.8. The number of amides is 1. The third-order valence-corrected chi connectivity index (χ3v) is 5.19. The lowest BCUT2D eigenvalue weighted by molar-refractivity contribution is 0.0914. The van der Waals surface area contributed by atoms with Gasteiger partial charge in [-0.25, -0.2) is 9.37 Å². The highest BCUT2D eigenvalue weighted by molar-refractivity contribution is 9.10. The first-order valence-corrected chi connectivity index (χ1v) is 9.45. The third-order valence-electron chi connectivity index (χ3n) is 4.70. The molecule has 28 heavy (non-hydrogen) atoms. The van der Waals surface area contributed by atoms with Crippen LogP contribution in [-0.4, -0.2) is 15.5 Å². The number of carbonyl (C=O) groups excluding carboxylic acids is 1. The molecule has 0 aliphatic rings.